The van der Waals surface area contributed by atoms with Crippen LogP contribution in [-0.4, -0.2) is 26.0 Å². The van der Waals surface area contributed by atoms with Gasteiger partial charge in [-0.15, -0.1) is 0 Å². The third kappa shape index (κ3) is 3.73. The summed E-state index contributed by atoms with van der Waals surface area (Å²) in [4.78, 5) is 3.82. The number of halogens is 3. The van der Waals surface area contributed by atoms with Gasteiger partial charge in [0.1, 0.15) is 5.75 Å². The number of alkyl halides is 3. The average Bonchev–Trinajstić information content (AvgIpc) is 2.45. The number of methoxy groups -OCH3 is 1. The van der Waals surface area contributed by atoms with Crippen LogP contribution in [0.2, 0.25) is 0 Å². The van der Waals surface area contributed by atoms with Crippen LogP contribution in [0.15, 0.2) is 36.4 Å². The highest BCUT2D eigenvalue weighted by molar-refractivity contribution is 7.87. The van der Waals surface area contributed by atoms with Crippen LogP contribution < -0.4 is 8.92 Å². The zero-order valence-corrected chi connectivity index (χ0v) is 12.9. The molecule has 0 saturated carbocycles. The molecule has 1 aromatic heterocycles. The number of rotatable bonds is 4. The Morgan fingerprint density at radius 1 is 1.13 bits per heavy atom. The van der Waals surface area contributed by atoms with Crippen molar-refractivity contribution in [3.63, 3.8) is 0 Å². The average molecular weight is 347 g/mol. The molecule has 1 heterocycles. The van der Waals surface area contributed by atoms with Gasteiger partial charge < -0.3 is 8.92 Å². The van der Waals surface area contributed by atoms with Crippen LogP contribution in [0, 0.1) is 6.92 Å². The molecule has 0 saturated heterocycles. The van der Waals surface area contributed by atoms with E-state index in [1.165, 1.54) is 19.2 Å². The molecule has 0 amide bonds. The second-order valence-corrected chi connectivity index (χ2v) is 6.06. The summed E-state index contributed by atoms with van der Waals surface area (Å²) in [5, 5.41) is 0. The third-order valence-electron chi connectivity index (χ3n) is 2.91. The van der Waals surface area contributed by atoms with Gasteiger partial charge in [-0.2, -0.15) is 21.6 Å². The number of aromatic nitrogens is 1. The highest BCUT2D eigenvalue weighted by atomic mass is 32.2. The Morgan fingerprint density at radius 3 is 2.39 bits per heavy atom. The predicted octanol–water partition coefficient (Wildman–Crippen LogP) is 3.29. The topological polar surface area (TPSA) is 65.5 Å². The first-order valence-electron chi connectivity index (χ1n) is 6.27. The van der Waals surface area contributed by atoms with Crippen molar-refractivity contribution in [2.75, 3.05) is 7.11 Å². The van der Waals surface area contributed by atoms with E-state index >= 15 is 0 Å². The first-order chi connectivity index (χ1) is 10.6. The minimum Gasteiger partial charge on any atom is -0.497 e. The highest BCUT2D eigenvalue weighted by Crippen LogP contribution is 2.29. The Bertz CT molecular complexity index is 819. The highest BCUT2D eigenvalue weighted by Gasteiger charge is 2.48. The van der Waals surface area contributed by atoms with E-state index in [0.717, 1.165) is 11.6 Å². The first kappa shape index (κ1) is 17.1. The fourth-order valence-electron chi connectivity index (χ4n) is 1.82. The Kier molecular flexibility index (Phi) is 4.51. The van der Waals surface area contributed by atoms with Crippen LogP contribution in [0.25, 0.3) is 11.3 Å². The zero-order valence-electron chi connectivity index (χ0n) is 12.1. The second kappa shape index (κ2) is 6.07. The van der Waals surface area contributed by atoms with E-state index in [1.807, 2.05) is 0 Å². The largest absolute Gasteiger partial charge is 0.534 e. The zero-order chi connectivity index (χ0) is 17.3. The van der Waals surface area contributed by atoms with E-state index in [-0.39, 0.29) is 5.69 Å². The summed E-state index contributed by atoms with van der Waals surface area (Å²) in [6.45, 7) is 1.76. The molecule has 0 fully saturated rings. The van der Waals surface area contributed by atoms with Gasteiger partial charge in [-0.1, -0.05) is 6.07 Å². The van der Waals surface area contributed by atoms with Gasteiger partial charge in [0.25, 0.3) is 0 Å². The molecule has 1 aromatic carbocycles. The molecule has 2 aromatic rings. The summed E-state index contributed by atoms with van der Waals surface area (Å²) < 4.78 is 68.1. The molecule has 0 aliphatic heterocycles. The maximum Gasteiger partial charge on any atom is 0.534 e. The molecule has 2 rings (SSSR count). The molecule has 5 nitrogen and oxygen atoms in total. The normalized spacial score (nSPS) is 12.0. The summed E-state index contributed by atoms with van der Waals surface area (Å²) in [7, 11) is -4.25. The molecule has 9 heteroatoms. The monoisotopic (exact) mass is 347 g/mol. The van der Waals surface area contributed by atoms with E-state index in [0.29, 0.717) is 11.3 Å². The van der Waals surface area contributed by atoms with E-state index in [2.05, 4.69) is 9.17 Å². The van der Waals surface area contributed by atoms with Crippen LogP contribution in [0.3, 0.4) is 0 Å². The van der Waals surface area contributed by atoms with Crippen molar-refractivity contribution in [1.82, 2.24) is 4.98 Å². The van der Waals surface area contributed by atoms with Gasteiger partial charge in [0, 0.05) is 11.6 Å². The smallest absolute Gasteiger partial charge is 0.497 e. The minimum absolute atomic E-state index is 0.278. The molecular formula is C14H12F3NO4S. The Morgan fingerprint density at radius 2 is 1.83 bits per heavy atom. The summed E-state index contributed by atoms with van der Waals surface area (Å²) in [5.41, 5.74) is -3.87. The van der Waals surface area contributed by atoms with Crippen molar-refractivity contribution >= 4 is 10.1 Å². The lowest BCUT2D eigenvalue weighted by Gasteiger charge is -2.11. The molecule has 0 radical (unpaired) electrons. The van der Waals surface area contributed by atoms with Crippen molar-refractivity contribution in [2.24, 2.45) is 0 Å². The molecule has 0 bridgehead atoms. The quantitative estimate of drug-likeness (QED) is 0.627. The molecule has 23 heavy (non-hydrogen) atoms. The molecule has 0 N–H and O–H groups in total. The molecule has 0 aliphatic rings. The molecule has 0 unspecified atom stereocenters. The van der Waals surface area contributed by atoms with Gasteiger partial charge in [0.05, 0.1) is 12.8 Å². The predicted molar refractivity (Wildman–Crippen MR) is 76.6 cm³/mol. The van der Waals surface area contributed by atoms with Crippen molar-refractivity contribution in [2.45, 2.75) is 12.4 Å². The van der Waals surface area contributed by atoms with Crippen molar-refractivity contribution in [3.8, 4) is 22.9 Å². The summed E-state index contributed by atoms with van der Waals surface area (Å²) in [6, 6.07) is 8.96. The maximum atomic E-state index is 12.3. The number of pyridine rings is 1. The van der Waals surface area contributed by atoms with E-state index in [9.17, 15) is 21.6 Å². The van der Waals surface area contributed by atoms with E-state index in [4.69, 9.17) is 4.74 Å². The second-order valence-electron chi connectivity index (χ2n) is 4.53. The van der Waals surface area contributed by atoms with Crippen molar-refractivity contribution in [1.29, 1.82) is 0 Å². The first-order valence-corrected chi connectivity index (χ1v) is 7.68. The number of nitrogens with zero attached hydrogens (tertiary/aromatic N) is 1. The Balaban J connectivity index is 2.38. The molecule has 0 atom stereocenters. The van der Waals surface area contributed by atoms with Gasteiger partial charge in [-0.3, -0.25) is 0 Å². The lowest BCUT2D eigenvalue weighted by molar-refractivity contribution is -0.0501. The van der Waals surface area contributed by atoms with Crippen LogP contribution in [0.1, 0.15) is 5.56 Å². The van der Waals surface area contributed by atoms with Gasteiger partial charge in [0.2, 0.25) is 5.88 Å². The van der Waals surface area contributed by atoms with Gasteiger partial charge >= 0.3 is 15.6 Å². The van der Waals surface area contributed by atoms with Crippen LogP contribution >= 0.6 is 0 Å². The maximum absolute atomic E-state index is 12.3. The molecule has 0 aliphatic carbocycles. The lowest BCUT2D eigenvalue weighted by atomic mass is 10.0. The van der Waals surface area contributed by atoms with Crippen LogP contribution in [-0.2, 0) is 10.1 Å². The van der Waals surface area contributed by atoms with Crippen molar-refractivity contribution in [3.05, 3.63) is 42.0 Å². The van der Waals surface area contributed by atoms with Crippen molar-refractivity contribution < 1.29 is 30.5 Å². The number of benzene rings is 1. The number of ether oxygens (including phenoxy) is 1. The SMILES string of the molecule is COc1ccc(-c2cccc(OS(=O)(=O)C(F)(F)F)n2)c(C)c1. The third-order valence-corrected chi connectivity index (χ3v) is 3.87. The number of aryl methyl sites for hydroxylation is 1. The van der Waals surface area contributed by atoms with Crippen LogP contribution in [0.5, 0.6) is 11.6 Å². The Labute approximate surface area is 130 Å². The Hall–Kier alpha value is -2.29. The number of hydrogen-bond acceptors (Lipinski definition) is 5. The van der Waals surface area contributed by atoms with Crippen LogP contribution in [0.4, 0.5) is 13.2 Å². The minimum atomic E-state index is -5.75. The fraction of sp³-hybridized carbons (Fsp3) is 0.214. The van der Waals surface area contributed by atoms with Gasteiger partial charge in [0.15, 0.2) is 0 Å². The summed E-state index contributed by atoms with van der Waals surface area (Å²) >= 11 is 0. The summed E-state index contributed by atoms with van der Waals surface area (Å²) in [5.74, 6) is -0.0478. The standard InChI is InChI=1S/C14H12F3NO4S/c1-9-8-10(21-2)6-7-11(9)12-4-3-5-13(18-12)22-23(19,20)14(15,16)17/h3-8H,1-2H3. The molecular weight excluding hydrogens is 335 g/mol. The molecule has 124 valence electrons. The van der Waals surface area contributed by atoms with Gasteiger partial charge in [-0.05, 0) is 36.8 Å². The summed E-state index contributed by atoms with van der Waals surface area (Å²) in [6.07, 6.45) is 0. The van der Waals surface area contributed by atoms with E-state index < -0.39 is 21.5 Å². The lowest BCUT2D eigenvalue weighted by Crippen LogP contribution is -2.28. The van der Waals surface area contributed by atoms with Gasteiger partial charge in [-0.25, -0.2) is 4.98 Å². The number of hydrogen-bond donors (Lipinski definition) is 0. The fourth-order valence-corrected chi connectivity index (χ4v) is 2.23. The molecule has 0 spiro atoms. The van der Waals surface area contributed by atoms with E-state index in [1.54, 1.807) is 25.1 Å².